The van der Waals surface area contributed by atoms with Gasteiger partial charge < -0.3 is 0 Å². The molecule has 134 valence electrons. The van der Waals surface area contributed by atoms with Crippen LogP contribution in [0.5, 0.6) is 0 Å². The van der Waals surface area contributed by atoms with Gasteiger partial charge in [0, 0.05) is 0 Å². The molecule has 0 saturated heterocycles. The predicted octanol–water partition coefficient (Wildman–Crippen LogP) is 0.567. The number of hydrogen-bond donors (Lipinski definition) is 0. The SMILES string of the molecule is C=CC(=O)OCC[I-](C)(C)Cc1ccc(C(=O)c2ccccc2)cc1. The third-order valence-corrected chi connectivity index (χ3v) is 10.1. The van der Waals surface area contributed by atoms with E-state index in [0.29, 0.717) is 17.7 Å². The molecule has 0 bridgehead atoms. The van der Waals surface area contributed by atoms with E-state index in [9.17, 15) is 9.59 Å². The van der Waals surface area contributed by atoms with Crippen molar-refractivity contribution in [2.45, 2.75) is 4.43 Å². The van der Waals surface area contributed by atoms with Crippen LogP contribution in [-0.4, -0.2) is 32.6 Å². The van der Waals surface area contributed by atoms with Gasteiger partial charge in [0.2, 0.25) is 0 Å². The van der Waals surface area contributed by atoms with Crippen LogP contribution < -0.4 is 18.4 Å². The van der Waals surface area contributed by atoms with E-state index in [0.717, 1.165) is 8.86 Å². The molecule has 0 radical (unpaired) electrons. The second kappa shape index (κ2) is 8.94. The summed E-state index contributed by atoms with van der Waals surface area (Å²) in [6.07, 6.45) is 1.20. The summed E-state index contributed by atoms with van der Waals surface area (Å²) in [5.74, 6) is -0.315. The van der Waals surface area contributed by atoms with Crippen LogP contribution >= 0.6 is 0 Å². The fraction of sp³-hybridized carbons (Fsp3) is 0.238. The summed E-state index contributed by atoms with van der Waals surface area (Å²) in [4.78, 5) is 28.2. The van der Waals surface area contributed by atoms with E-state index in [-0.39, 0.29) is 11.8 Å². The van der Waals surface area contributed by atoms with Crippen LogP contribution in [0.4, 0.5) is 0 Å². The molecule has 0 saturated carbocycles. The molecule has 2 rings (SSSR count). The molecule has 0 aliphatic heterocycles. The Hall–Kier alpha value is -1.95. The minimum atomic E-state index is -1.98. The first-order valence-electron chi connectivity index (χ1n) is 7.97. The van der Waals surface area contributed by atoms with E-state index >= 15 is 0 Å². The number of ether oxygens (including phenoxy) is 1. The summed E-state index contributed by atoms with van der Waals surface area (Å²) in [7, 11) is 0. The van der Waals surface area contributed by atoms with E-state index in [1.54, 1.807) is 0 Å². The summed E-state index contributed by atoms with van der Waals surface area (Å²) in [6.45, 7) is 3.86. The average Bonchev–Trinajstić information content (AvgIpc) is 2.62. The van der Waals surface area contributed by atoms with Gasteiger partial charge in [0.05, 0.1) is 0 Å². The van der Waals surface area contributed by atoms with Crippen LogP contribution in [0, 0.1) is 0 Å². The van der Waals surface area contributed by atoms with Gasteiger partial charge in [-0.25, -0.2) is 0 Å². The second-order valence-corrected chi connectivity index (χ2v) is 17.4. The summed E-state index contributed by atoms with van der Waals surface area (Å²) < 4.78 is 7.07. The van der Waals surface area contributed by atoms with Gasteiger partial charge in [-0.3, -0.25) is 0 Å². The predicted molar refractivity (Wildman–Crippen MR) is 97.9 cm³/mol. The van der Waals surface area contributed by atoms with E-state index in [1.165, 1.54) is 11.6 Å². The number of alkyl halides is 4. The van der Waals surface area contributed by atoms with Crippen molar-refractivity contribution in [3.8, 4) is 0 Å². The topological polar surface area (TPSA) is 43.4 Å². The van der Waals surface area contributed by atoms with Gasteiger partial charge in [-0.2, -0.15) is 0 Å². The van der Waals surface area contributed by atoms with Gasteiger partial charge in [-0.05, 0) is 0 Å². The van der Waals surface area contributed by atoms with Crippen molar-refractivity contribution in [2.75, 3.05) is 20.9 Å². The van der Waals surface area contributed by atoms with Crippen LogP contribution in [0.25, 0.3) is 0 Å². The molecule has 0 unspecified atom stereocenters. The number of hydrogen-bond acceptors (Lipinski definition) is 3. The molecule has 0 amide bonds. The quantitative estimate of drug-likeness (QED) is 0.194. The van der Waals surface area contributed by atoms with Gasteiger partial charge in [0.25, 0.3) is 0 Å². The van der Waals surface area contributed by atoms with Crippen molar-refractivity contribution in [1.29, 1.82) is 0 Å². The first-order chi connectivity index (χ1) is 11.9. The number of rotatable bonds is 8. The van der Waals surface area contributed by atoms with Gasteiger partial charge in [0.1, 0.15) is 0 Å². The van der Waals surface area contributed by atoms with Crippen LogP contribution in [0.3, 0.4) is 0 Å². The molecule has 0 spiro atoms. The van der Waals surface area contributed by atoms with Gasteiger partial charge >= 0.3 is 154 Å². The minimum absolute atomic E-state index is 0.0450. The molecule has 4 heteroatoms. The maximum absolute atomic E-state index is 12.4. The second-order valence-electron chi connectivity index (χ2n) is 6.22. The number of halogens is 1. The zero-order valence-corrected chi connectivity index (χ0v) is 16.9. The molecule has 2 aromatic rings. The molecule has 0 N–H and O–H groups in total. The Labute approximate surface area is 153 Å². The third-order valence-electron chi connectivity index (χ3n) is 3.77. The van der Waals surface area contributed by atoms with Crippen molar-refractivity contribution in [3.05, 3.63) is 83.9 Å². The summed E-state index contributed by atoms with van der Waals surface area (Å²) in [6, 6.07) is 17.2. The standard InChI is InChI=1S/C21H24IO3/c1-4-20(23)25-15-14-22(2,3)16-17-10-12-19(13-11-17)21(24)18-8-6-5-7-9-18/h4-13H,1,14-16H2,2-3H3/q-1. The third kappa shape index (κ3) is 6.12. The Kier molecular flexibility index (Phi) is 6.93. The Morgan fingerprint density at radius 2 is 1.60 bits per heavy atom. The number of benzene rings is 2. The number of ketones is 1. The molecule has 25 heavy (non-hydrogen) atoms. The average molecular weight is 451 g/mol. The zero-order valence-electron chi connectivity index (χ0n) is 14.7. The molecule has 0 heterocycles. The molecule has 3 nitrogen and oxygen atoms in total. The molecular weight excluding hydrogens is 427 g/mol. The first-order valence-corrected chi connectivity index (χ1v) is 15.3. The van der Waals surface area contributed by atoms with Crippen molar-refractivity contribution < 1.29 is 32.8 Å². The zero-order chi connectivity index (χ0) is 18.3. The van der Waals surface area contributed by atoms with E-state index in [1.807, 2.05) is 54.6 Å². The van der Waals surface area contributed by atoms with Crippen LogP contribution in [-0.2, 0) is 14.0 Å². The van der Waals surface area contributed by atoms with Crippen molar-refractivity contribution >= 4 is 11.8 Å². The van der Waals surface area contributed by atoms with Crippen molar-refractivity contribution in [2.24, 2.45) is 0 Å². The molecule has 0 fully saturated rings. The molecular formula is C21H24IO3-. The summed E-state index contributed by atoms with van der Waals surface area (Å²) in [5, 5.41) is 0. The van der Waals surface area contributed by atoms with Crippen LogP contribution in [0.1, 0.15) is 21.5 Å². The van der Waals surface area contributed by atoms with Crippen LogP contribution in [0.2, 0.25) is 0 Å². The Bertz CT molecular complexity index is 733. The fourth-order valence-corrected chi connectivity index (χ4v) is 7.08. The van der Waals surface area contributed by atoms with Gasteiger partial charge in [-0.15, -0.1) is 0 Å². The van der Waals surface area contributed by atoms with Crippen molar-refractivity contribution in [1.82, 2.24) is 0 Å². The Morgan fingerprint density at radius 1 is 1.00 bits per heavy atom. The Balaban J connectivity index is 1.96. The van der Waals surface area contributed by atoms with Crippen LogP contribution in [0.15, 0.2) is 67.3 Å². The maximum atomic E-state index is 12.4. The molecule has 0 aliphatic carbocycles. The normalized spacial score (nSPS) is 11.6. The summed E-state index contributed by atoms with van der Waals surface area (Å²) >= 11 is -1.98. The fourth-order valence-electron chi connectivity index (χ4n) is 2.39. The molecule has 0 aliphatic rings. The summed E-state index contributed by atoms with van der Waals surface area (Å²) in [5.41, 5.74) is 2.65. The number of carbonyl (C=O) groups is 2. The van der Waals surface area contributed by atoms with E-state index < -0.39 is 18.4 Å². The first kappa shape index (κ1) is 19.4. The molecule has 2 aromatic carbocycles. The molecule has 0 aromatic heterocycles. The van der Waals surface area contributed by atoms with E-state index in [4.69, 9.17) is 4.74 Å². The Morgan fingerprint density at radius 3 is 2.20 bits per heavy atom. The van der Waals surface area contributed by atoms with E-state index in [2.05, 4.69) is 16.4 Å². The monoisotopic (exact) mass is 451 g/mol. The number of esters is 1. The van der Waals surface area contributed by atoms with Crippen molar-refractivity contribution in [3.63, 3.8) is 0 Å². The molecule has 0 atom stereocenters. The van der Waals surface area contributed by atoms with Gasteiger partial charge in [-0.1, -0.05) is 0 Å². The number of carbonyl (C=O) groups excluding carboxylic acids is 2. The van der Waals surface area contributed by atoms with Gasteiger partial charge in [0.15, 0.2) is 0 Å².